The van der Waals surface area contributed by atoms with Gasteiger partial charge in [0.2, 0.25) is 5.88 Å². The van der Waals surface area contributed by atoms with Crippen molar-refractivity contribution in [3.63, 3.8) is 0 Å². The van der Waals surface area contributed by atoms with Crippen molar-refractivity contribution in [1.29, 1.82) is 0 Å². The fourth-order valence-corrected chi connectivity index (χ4v) is 2.88. The number of carbonyl (C=O) groups excluding carboxylic acids is 1. The minimum absolute atomic E-state index is 0.134. The Morgan fingerprint density at radius 1 is 1.23 bits per heavy atom. The van der Waals surface area contributed by atoms with Crippen LogP contribution < -0.4 is 9.47 Å². The Labute approximate surface area is 156 Å². The number of nitrogens with one attached hydrogen (secondary N) is 1. The number of aromatic nitrogens is 1. The lowest BCUT2D eigenvalue weighted by Gasteiger charge is -2.39. The third-order valence-electron chi connectivity index (χ3n) is 4.51. The van der Waals surface area contributed by atoms with Crippen molar-refractivity contribution in [2.45, 2.75) is 25.5 Å². The number of hydrogen-bond donors (Lipinski definition) is 1. The van der Waals surface area contributed by atoms with E-state index in [4.69, 9.17) is 14.2 Å². The molecule has 0 aliphatic heterocycles. The van der Waals surface area contributed by atoms with E-state index in [9.17, 15) is 4.79 Å². The number of methoxy groups -OCH3 is 2. The topological polar surface area (TPSA) is 60.5 Å². The smallest absolute Gasteiger partial charge is 0.344 e. The second kappa shape index (κ2) is 7.55. The molecule has 0 bridgehead atoms. The molecule has 1 heterocycles. The maximum absolute atomic E-state index is 12.2. The summed E-state index contributed by atoms with van der Waals surface area (Å²) >= 11 is 0. The van der Waals surface area contributed by atoms with Crippen LogP contribution in [0.3, 0.4) is 0 Å². The number of ether oxygens (including phenoxy) is 3. The van der Waals surface area contributed by atoms with Crippen LogP contribution in [-0.4, -0.2) is 49.0 Å². The Bertz CT molecular complexity index is 866. The summed E-state index contributed by atoms with van der Waals surface area (Å²) in [7, 11) is 1.85. The fraction of sp³-hybridized carbons (Fsp3) is 0.450. The number of hydrogen-bond acceptors (Lipinski definition) is 4. The van der Waals surface area contributed by atoms with E-state index in [0.717, 1.165) is 5.52 Å². The average Bonchev–Trinajstić information content (AvgIpc) is 2.94. The van der Waals surface area contributed by atoms with Gasteiger partial charge in [-0.2, -0.15) is 10.0 Å². The van der Waals surface area contributed by atoms with Crippen LogP contribution in [0.4, 0.5) is 0 Å². The predicted octanol–water partition coefficient (Wildman–Crippen LogP) is 4.17. The zero-order valence-electron chi connectivity index (χ0n) is 16.5. The quantitative estimate of drug-likeness (QED) is 0.642. The van der Waals surface area contributed by atoms with E-state index in [-0.39, 0.29) is 11.4 Å². The molecule has 0 fully saturated rings. The van der Waals surface area contributed by atoms with Crippen LogP contribution in [0.5, 0.6) is 11.6 Å². The van der Waals surface area contributed by atoms with Gasteiger partial charge in [0.25, 0.3) is 0 Å². The lowest BCUT2D eigenvalue weighted by Crippen LogP contribution is -2.21. The van der Waals surface area contributed by atoms with Crippen LogP contribution in [0.2, 0.25) is 0 Å². The number of benzene rings is 1. The van der Waals surface area contributed by atoms with E-state index >= 15 is 0 Å². The van der Waals surface area contributed by atoms with Crippen LogP contribution in [0.15, 0.2) is 18.2 Å². The van der Waals surface area contributed by atoms with Gasteiger partial charge in [-0.05, 0) is 30.7 Å². The molecule has 6 heteroatoms. The summed E-state index contributed by atoms with van der Waals surface area (Å²) in [6.07, 6.45) is 4.38. The molecule has 1 aromatic carbocycles. The number of aromatic amines is 1. The highest BCUT2D eigenvalue weighted by molar-refractivity contribution is 8.37. The molecule has 0 unspecified atom stereocenters. The molecule has 0 saturated carbocycles. The van der Waals surface area contributed by atoms with Gasteiger partial charge in [0.05, 0.1) is 14.2 Å². The van der Waals surface area contributed by atoms with Crippen molar-refractivity contribution in [1.82, 2.24) is 4.98 Å². The highest BCUT2D eigenvalue weighted by Gasteiger charge is 2.26. The van der Waals surface area contributed by atoms with Crippen LogP contribution in [-0.2, 0) is 4.74 Å². The lowest BCUT2D eigenvalue weighted by molar-refractivity contribution is 0.0599. The van der Waals surface area contributed by atoms with E-state index in [2.05, 4.69) is 49.4 Å². The van der Waals surface area contributed by atoms with Crippen LogP contribution >= 0.6 is 10.0 Å². The van der Waals surface area contributed by atoms with Gasteiger partial charge >= 0.3 is 5.97 Å². The average molecular weight is 378 g/mol. The van der Waals surface area contributed by atoms with Crippen LogP contribution in [0.1, 0.15) is 31.1 Å². The van der Waals surface area contributed by atoms with Gasteiger partial charge in [-0.15, -0.1) is 0 Å². The van der Waals surface area contributed by atoms with E-state index in [0.29, 0.717) is 22.6 Å². The normalized spacial score (nSPS) is 12.3. The van der Waals surface area contributed by atoms with E-state index in [1.165, 1.54) is 7.11 Å². The van der Waals surface area contributed by atoms with Crippen molar-refractivity contribution in [2.24, 2.45) is 0 Å². The summed E-state index contributed by atoms with van der Waals surface area (Å²) in [6.45, 7) is 6.77. The zero-order chi connectivity index (χ0) is 19.5. The standard InChI is InChI=1S/C20H27NO4S/c1-20(2,3)26(6,7)12-8-11-25-18-17(19(22)24-5)15-13-14(23-4)9-10-16(15)21-18/h9-10,13,21H,11H2,1-7H3. The maximum Gasteiger partial charge on any atom is 0.344 e. The van der Waals surface area contributed by atoms with Gasteiger partial charge in [-0.25, -0.2) is 4.79 Å². The molecule has 0 aliphatic carbocycles. The summed E-state index contributed by atoms with van der Waals surface area (Å²) < 4.78 is 16.1. The van der Waals surface area contributed by atoms with Crippen LogP contribution in [0.25, 0.3) is 10.9 Å². The number of carbonyl (C=O) groups is 1. The van der Waals surface area contributed by atoms with Crippen molar-refractivity contribution < 1.29 is 19.0 Å². The monoisotopic (exact) mass is 377 g/mol. The SMILES string of the molecule is COC(=O)c1c(OCC#CS(C)(C)C(C)(C)C)[nH]c2ccc(OC)cc12. The molecule has 0 saturated heterocycles. The van der Waals surface area contributed by atoms with Crippen molar-refractivity contribution in [2.75, 3.05) is 33.3 Å². The van der Waals surface area contributed by atoms with Gasteiger partial charge in [0.1, 0.15) is 11.3 Å². The van der Waals surface area contributed by atoms with Gasteiger partial charge in [-0.1, -0.05) is 31.9 Å². The van der Waals surface area contributed by atoms with Gasteiger partial charge in [0.15, 0.2) is 6.61 Å². The third-order valence-corrected chi connectivity index (χ3v) is 8.22. The largest absolute Gasteiger partial charge is 0.497 e. The van der Waals surface area contributed by atoms with Gasteiger partial charge in [0, 0.05) is 15.6 Å². The van der Waals surface area contributed by atoms with E-state index in [1.807, 2.05) is 12.1 Å². The Hall–Kier alpha value is -2.26. The molecule has 2 aromatic rings. The highest BCUT2D eigenvalue weighted by Crippen LogP contribution is 2.51. The first-order valence-electron chi connectivity index (χ1n) is 8.24. The zero-order valence-corrected chi connectivity index (χ0v) is 17.3. The maximum atomic E-state index is 12.2. The molecule has 0 radical (unpaired) electrons. The van der Waals surface area contributed by atoms with Crippen molar-refractivity contribution >= 4 is 26.9 Å². The van der Waals surface area contributed by atoms with Crippen molar-refractivity contribution in [3.8, 4) is 22.8 Å². The van der Waals surface area contributed by atoms with Gasteiger partial charge < -0.3 is 19.2 Å². The fourth-order valence-electron chi connectivity index (χ4n) is 2.16. The molecule has 0 aliphatic rings. The Morgan fingerprint density at radius 2 is 1.92 bits per heavy atom. The van der Waals surface area contributed by atoms with E-state index in [1.54, 1.807) is 13.2 Å². The summed E-state index contributed by atoms with van der Waals surface area (Å²) in [5, 5.41) is 4.04. The minimum Gasteiger partial charge on any atom is -0.497 e. The summed E-state index contributed by atoms with van der Waals surface area (Å²) in [4.78, 5) is 15.4. The first-order chi connectivity index (χ1) is 12.1. The Kier molecular flexibility index (Phi) is 5.82. The first kappa shape index (κ1) is 20.1. The molecule has 2 rings (SSSR count). The summed E-state index contributed by atoms with van der Waals surface area (Å²) in [5.74, 6) is 3.65. The molecule has 1 aromatic heterocycles. The molecule has 5 nitrogen and oxygen atoms in total. The number of esters is 1. The lowest BCUT2D eigenvalue weighted by atomic mass is 10.1. The summed E-state index contributed by atoms with van der Waals surface area (Å²) in [6, 6.07) is 5.44. The molecule has 0 atom stereocenters. The predicted molar refractivity (Wildman–Crippen MR) is 109 cm³/mol. The first-order valence-corrected chi connectivity index (χ1v) is 10.7. The van der Waals surface area contributed by atoms with Crippen molar-refractivity contribution in [3.05, 3.63) is 23.8 Å². The molecular weight excluding hydrogens is 350 g/mol. The van der Waals surface area contributed by atoms with Crippen LogP contribution in [0, 0.1) is 11.2 Å². The second-order valence-corrected chi connectivity index (χ2v) is 11.3. The van der Waals surface area contributed by atoms with E-state index < -0.39 is 16.0 Å². The number of H-pyrrole nitrogens is 1. The number of fused-ring (bicyclic) bond motifs is 1. The molecule has 142 valence electrons. The molecular formula is C20H27NO4S. The van der Waals surface area contributed by atoms with Gasteiger partial charge in [-0.3, -0.25) is 0 Å². The Balaban J connectivity index is 2.31. The molecule has 0 spiro atoms. The third kappa shape index (κ3) is 4.10. The number of rotatable bonds is 4. The summed E-state index contributed by atoms with van der Waals surface area (Å²) in [5.41, 5.74) is 1.13. The second-order valence-electron chi connectivity index (χ2n) is 7.24. The molecule has 1 N–H and O–H groups in total. The highest BCUT2D eigenvalue weighted by atomic mass is 32.3. The molecule has 26 heavy (non-hydrogen) atoms. The molecule has 0 amide bonds. The minimum atomic E-state index is -1.08. The Morgan fingerprint density at radius 3 is 2.50 bits per heavy atom.